The van der Waals surface area contributed by atoms with Gasteiger partial charge in [0.25, 0.3) is 0 Å². The minimum absolute atomic E-state index is 0.133. The normalized spacial score (nSPS) is 15.8. The maximum atomic E-state index is 9.87. The molecule has 2 aromatic heterocycles. The Morgan fingerprint density at radius 1 is 1.10 bits per heavy atom. The lowest BCUT2D eigenvalue weighted by Gasteiger charge is -2.38. The molecule has 1 aromatic carbocycles. The van der Waals surface area contributed by atoms with Crippen molar-refractivity contribution in [1.82, 2.24) is 20.4 Å². The van der Waals surface area contributed by atoms with E-state index in [-0.39, 0.29) is 6.61 Å². The van der Waals surface area contributed by atoms with Gasteiger partial charge in [0, 0.05) is 18.1 Å². The Morgan fingerprint density at radius 3 is 2.52 bits per heavy atom. The molecule has 0 bridgehead atoms. The van der Waals surface area contributed by atoms with Crippen LogP contribution in [-0.4, -0.2) is 38.6 Å². The summed E-state index contributed by atoms with van der Waals surface area (Å²) in [6.07, 6.45) is 2.15. The molecule has 29 heavy (non-hydrogen) atoms. The largest absolute Gasteiger partial charge is 0.389 e. The van der Waals surface area contributed by atoms with E-state index >= 15 is 0 Å². The maximum absolute atomic E-state index is 9.87. The van der Waals surface area contributed by atoms with Gasteiger partial charge in [-0.25, -0.2) is 0 Å². The molecule has 4 rings (SSSR count). The number of aromatic nitrogens is 4. The molecule has 3 heterocycles. The van der Waals surface area contributed by atoms with Crippen LogP contribution in [0.2, 0.25) is 5.02 Å². The Bertz CT molecular complexity index is 1020. The molecule has 0 atom stereocenters. The quantitative estimate of drug-likeness (QED) is 0.666. The molecule has 1 saturated heterocycles. The highest BCUT2D eigenvalue weighted by molar-refractivity contribution is 7.14. The van der Waals surface area contributed by atoms with E-state index in [1.807, 2.05) is 36.4 Å². The summed E-state index contributed by atoms with van der Waals surface area (Å²) in [5.41, 5.74) is 1.24. The monoisotopic (exact) mass is 426 g/mol. The second-order valence-electron chi connectivity index (χ2n) is 7.08. The highest BCUT2D eigenvalue weighted by Crippen LogP contribution is 2.37. The number of hydrogen-bond donors (Lipinski definition) is 1. The van der Waals surface area contributed by atoms with Crippen LogP contribution in [0.1, 0.15) is 23.4 Å². The number of halogens is 1. The number of benzene rings is 1. The van der Waals surface area contributed by atoms with Crippen molar-refractivity contribution in [3.05, 3.63) is 52.0 Å². The zero-order chi connectivity index (χ0) is 20.3. The average molecular weight is 427 g/mol. The summed E-state index contributed by atoms with van der Waals surface area (Å²) in [5.74, 6) is 0.782. The average Bonchev–Trinajstić information content (AvgIpc) is 3.25. The van der Waals surface area contributed by atoms with Crippen molar-refractivity contribution in [2.75, 3.05) is 18.0 Å². The number of aliphatic hydroxyl groups excluding tert-OH is 1. The SMILES string of the molecule is N#CC1(Cc2ccccc2Cl)CCN(c2ccc(-c3nnc(CO)s3)nn2)CC1. The predicted octanol–water partition coefficient (Wildman–Crippen LogP) is 3.49. The van der Waals surface area contributed by atoms with Crippen molar-refractivity contribution in [3.8, 4) is 16.8 Å². The van der Waals surface area contributed by atoms with Crippen molar-refractivity contribution < 1.29 is 5.11 Å². The third kappa shape index (κ3) is 4.22. The van der Waals surface area contributed by atoms with Gasteiger partial charge in [0.05, 0.1) is 18.1 Å². The summed E-state index contributed by atoms with van der Waals surface area (Å²) in [4.78, 5) is 2.15. The van der Waals surface area contributed by atoms with Crippen molar-refractivity contribution in [3.63, 3.8) is 0 Å². The Morgan fingerprint density at radius 2 is 1.90 bits per heavy atom. The van der Waals surface area contributed by atoms with Crippen LogP contribution in [0.4, 0.5) is 5.82 Å². The molecule has 148 valence electrons. The van der Waals surface area contributed by atoms with Crippen LogP contribution in [0, 0.1) is 16.7 Å². The molecule has 7 nitrogen and oxygen atoms in total. The van der Waals surface area contributed by atoms with E-state index in [4.69, 9.17) is 16.7 Å². The molecule has 1 aliphatic rings. The second-order valence-corrected chi connectivity index (χ2v) is 8.55. The van der Waals surface area contributed by atoms with Crippen molar-refractivity contribution in [2.45, 2.75) is 25.9 Å². The van der Waals surface area contributed by atoms with Gasteiger partial charge in [-0.3, -0.25) is 0 Å². The molecule has 0 saturated carbocycles. The highest BCUT2D eigenvalue weighted by Gasteiger charge is 2.36. The Hall–Kier alpha value is -2.60. The molecule has 0 spiro atoms. The molecule has 1 fully saturated rings. The van der Waals surface area contributed by atoms with Crippen LogP contribution in [-0.2, 0) is 13.0 Å². The highest BCUT2D eigenvalue weighted by atomic mass is 35.5. The van der Waals surface area contributed by atoms with Crippen LogP contribution in [0.3, 0.4) is 0 Å². The minimum Gasteiger partial charge on any atom is -0.389 e. The molecule has 0 amide bonds. The fourth-order valence-corrected chi connectivity index (χ4v) is 4.39. The van der Waals surface area contributed by atoms with Gasteiger partial charge in [-0.15, -0.1) is 20.4 Å². The van der Waals surface area contributed by atoms with Gasteiger partial charge in [0.2, 0.25) is 0 Å². The van der Waals surface area contributed by atoms with Gasteiger partial charge in [-0.1, -0.05) is 41.1 Å². The number of hydrogen-bond acceptors (Lipinski definition) is 8. The van der Waals surface area contributed by atoms with E-state index < -0.39 is 5.41 Å². The molecule has 3 aromatic rings. The van der Waals surface area contributed by atoms with Crippen LogP contribution >= 0.6 is 22.9 Å². The van der Waals surface area contributed by atoms with E-state index in [0.717, 1.165) is 37.3 Å². The lowest BCUT2D eigenvalue weighted by atomic mass is 9.75. The van der Waals surface area contributed by atoms with E-state index in [2.05, 4.69) is 31.4 Å². The molecular weight excluding hydrogens is 408 g/mol. The van der Waals surface area contributed by atoms with Crippen molar-refractivity contribution in [1.29, 1.82) is 5.26 Å². The Kier molecular flexibility index (Phi) is 5.72. The first kappa shape index (κ1) is 19.7. The number of rotatable bonds is 5. The first-order valence-corrected chi connectivity index (χ1v) is 10.5. The summed E-state index contributed by atoms with van der Waals surface area (Å²) in [6, 6.07) is 14.0. The maximum Gasteiger partial charge on any atom is 0.168 e. The van der Waals surface area contributed by atoms with Gasteiger partial charge < -0.3 is 10.0 Å². The van der Waals surface area contributed by atoms with Gasteiger partial charge in [0.15, 0.2) is 10.8 Å². The van der Waals surface area contributed by atoms with Crippen molar-refractivity contribution in [2.24, 2.45) is 5.41 Å². The van der Waals surface area contributed by atoms with Gasteiger partial charge in [0.1, 0.15) is 10.7 Å². The predicted molar refractivity (Wildman–Crippen MR) is 112 cm³/mol. The molecular formula is C20H19ClN6OS. The van der Waals surface area contributed by atoms with Crippen LogP contribution in [0.25, 0.3) is 10.7 Å². The fraction of sp³-hybridized carbons (Fsp3) is 0.350. The number of nitrogens with zero attached hydrogens (tertiary/aromatic N) is 6. The summed E-state index contributed by atoms with van der Waals surface area (Å²) >= 11 is 7.60. The molecule has 0 aliphatic carbocycles. The molecule has 1 aliphatic heterocycles. The van der Waals surface area contributed by atoms with Gasteiger partial charge in [-0.2, -0.15) is 5.26 Å². The fourth-order valence-electron chi connectivity index (χ4n) is 3.53. The zero-order valence-electron chi connectivity index (χ0n) is 15.6. The van der Waals surface area contributed by atoms with Crippen LogP contribution < -0.4 is 4.90 Å². The summed E-state index contributed by atoms with van der Waals surface area (Å²) < 4.78 is 0. The van der Waals surface area contributed by atoms with Crippen LogP contribution in [0.15, 0.2) is 36.4 Å². The van der Waals surface area contributed by atoms with Gasteiger partial charge >= 0.3 is 0 Å². The standard InChI is InChI=1S/C20H19ClN6OS/c21-15-4-2-1-3-14(15)11-20(13-22)7-9-27(10-8-20)17-6-5-16(23-24-17)19-26-25-18(12-28)29-19/h1-6,28H,7-12H2. The molecule has 1 N–H and O–H groups in total. The summed E-state index contributed by atoms with van der Waals surface area (Å²) in [5, 5.41) is 37.4. The molecule has 0 radical (unpaired) electrons. The third-order valence-corrected chi connectivity index (χ3v) is 6.54. The van der Waals surface area contributed by atoms with E-state index in [0.29, 0.717) is 27.2 Å². The Labute approximate surface area is 177 Å². The summed E-state index contributed by atoms with van der Waals surface area (Å²) in [6.45, 7) is 1.34. The Balaban J connectivity index is 1.43. The van der Waals surface area contributed by atoms with Gasteiger partial charge in [-0.05, 0) is 43.0 Å². The molecule has 9 heteroatoms. The van der Waals surface area contributed by atoms with Crippen LogP contribution in [0.5, 0.6) is 0 Å². The number of piperidine rings is 1. The summed E-state index contributed by atoms with van der Waals surface area (Å²) in [7, 11) is 0. The topological polar surface area (TPSA) is 98.8 Å². The smallest absolute Gasteiger partial charge is 0.168 e. The lowest BCUT2D eigenvalue weighted by Crippen LogP contribution is -2.41. The number of aliphatic hydroxyl groups is 1. The number of anilines is 1. The van der Waals surface area contributed by atoms with E-state index in [1.54, 1.807) is 0 Å². The first-order chi connectivity index (χ1) is 14.1. The lowest BCUT2D eigenvalue weighted by molar-refractivity contribution is 0.280. The second kappa shape index (κ2) is 8.41. The van der Waals surface area contributed by atoms with Crippen molar-refractivity contribution >= 4 is 28.8 Å². The number of nitriles is 1. The minimum atomic E-state index is -0.415. The zero-order valence-corrected chi connectivity index (χ0v) is 17.2. The van der Waals surface area contributed by atoms with E-state index in [1.165, 1.54) is 11.3 Å². The molecule has 0 unspecified atom stereocenters. The third-order valence-electron chi connectivity index (χ3n) is 5.24. The first-order valence-electron chi connectivity index (χ1n) is 9.29. The van der Waals surface area contributed by atoms with E-state index in [9.17, 15) is 5.26 Å².